The Morgan fingerprint density at radius 2 is 1.81 bits per heavy atom. The molecule has 37 heavy (non-hydrogen) atoms. The molecule has 1 fully saturated rings. The van der Waals surface area contributed by atoms with Crippen molar-refractivity contribution in [1.82, 2.24) is 29.7 Å². The summed E-state index contributed by atoms with van der Waals surface area (Å²) in [7, 11) is 2.08. The van der Waals surface area contributed by atoms with E-state index in [1.165, 1.54) is 0 Å². The van der Waals surface area contributed by atoms with Gasteiger partial charge in [0.25, 0.3) is 5.91 Å². The maximum atomic E-state index is 13.0. The number of rotatable bonds is 7. The first-order valence-electron chi connectivity index (χ1n) is 12.6. The Bertz CT molecular complexity index is 1390. The van der Waals surface area contributed by atoms with E-state index < -0.39 is 6.10 Å². The number of nitrogens with zero attached hydrogens (tertiary/aromatic N) is 5. The Kier molecular flexibility index (Phi) is 7.16. The molecule has 0 saturated carbocycles. The van der Waals surface area contributed by atoms with Crippen molar-refractivity contribution in [3.63, 3.8) is 0 Å². The summed E-state index contributed by atoms with van der Waals surface area (Å²) in [6.07, 6.45) is 3.03. The quantitative estimate of drug-likeness (QED) is 0.401. The van der Waals surface area contributed by atoms with Gasteiger partial charge in [0.15, 0.2) is 0 Å². The van der Waals surface area contributed by atoms with E-state index in [-0.39, 0.29) is 12.0 Å². The van der Waals surface area contributed by atoms with Crippen LogP contribution in [0, 0.1) is 0 Å². The maximum Gasteiger partial charge on any atom is 0.270 e. The second-order valence-corrected chi connectivity index (χ2v) is 9.68. The Labute approximate surface area is 216 Å². The van der Waals surface area contributed by atoms with E-state index in [0.717, 1.165) is 42.6 Å². The molecular weight excluding hydrogens is 468 g/mol. The van der Waals surface area contributed by atoms with Crippen LogP contribution in [0.5, 0.6) is 5.75 Å². The van der Waals surface area contributed by atoms with E-state index in [4.69, 9.17) is 9.72 Å². The van der Waals surface area contributed by atoms with E-state index in [1.54, 1.807) is 25.4 Å². The van der Waals surface area contributed by atoms with Gasteiger partial charge in [-0.2, -0.15) is 0 Å². The van der Waals surface area contributed by atoms with Crippen molar-refractivity contribution < 1.29 is 14.6 Å². The number of aliphatic hydroxyl groups is 1. The number of fused-ring (bicyclic) bond motifs is 1. The molecule has 1 saturated heterocycles. The zero-order valence-corrected chi connectivity index (χ0v) is 21.4. The van der Waals surface area contributed by atoms with Crippen molar-refractivity contribution in [2.24, 2.45) is 0 Å². The first-order valence-corrected chi connectivity index (χ1v) is 12.6. The number of nitrogens with one attached hydrogen (secondary N) is 1. The first-order chi connectivity index (χ1) is 17.9. The highest BCUT2D eigenvalue weighted by molar-refractivity contribution is 5.98. The van der Waals surface area contributed by atoms with Gasteiger partial charge in [0, 0.05) is 62.0 Å². The van der Waals surface area contributed by atoms with Gasteiger partial charge in [-0.25, -0.2) is 9.97 Å². The van der Waals surface area contributed by atoms with Crippen LogP contribution in [0.25, 0.3) is 22.3 Å². The van der Waals surface area contributed by atoms with Crippen molar-refractivity contribution >= 4 is 16.8 Å². The van der Waals surface area contributed by atoms with Crippen LogP contribution in [0.3, 0.4) is 0 Å². The number of piperazine rings is 1. The van der Waals surface area contributed by atoms with Gasteiger partial charge in [0.1, 0.15) is 23.4 Å². The van der Waals surface area contributed by atoms with Crippen molar-refractivity contribution in [3.8, 4) is 17.1 Å². The fraction of sp³-hybridized carbons (Fsp3) is 0.357. The number of aliphatic hydroxyl groups excluding tert-OH is 1. The minimum absolute atomic E-state index is 0.0448. The second kappa shape index (κ2) is 10.7. The van der Waals surface area contributed by atoms with Crippen LogP contribution in [0.15, 0.2) is 54.9 Å². The molecule has 0 spiro atoms. The summed E-state index contributed by atoms with van der Waals surface area (Å²) >= 11 is 0. The molecule has 1 aliphatic rings. The van der Waals surface area contributed by atoms with Gasteiger partial charge in [-0.15, -0.1) is 0 Å². The number of carbonyl (C=O) groups is 1. The number of H-pyrrole nitrogens is 1. The SMILES string of the molecule is C[C@@H](O)[C@@H](C)Oc1ccnc(-c2ccnc(Cc3ccc4[nH]c(C(=O)N5CCN(C)CC5)cc4c3)n2)c1. The van der Waals surface area contributed by atoms with Gasteiger partial charge < -0.3 is 24.6 Å². The predicted octanol–water partition coefficient (Wildman–Crippen LogP) is 3.15. The molecule has 5 rings (SSSR count). The maximum absolute atomic E-state index is 13.0. The van der Waals surface area contributed by atoms with Gasteiger partial charge in [0.05, 0.1) is 17.5 Å². The third-order valence-electron chi connectivity index (χ3n) is 6.77. The molecular formula is C28H32N6O3. The fourth-order valence-corrected chi connectivity index (χ4v) is 4.33. The zero-order valence-electron chi connectivity index (χ0n) is 21.4. The normalized spacial score (nSPS) is 16.1. The molecule has 3 aromatic heterocycles. The number of aromatic amines is 1. The van der Waals surface area contributed by atoms with Crippen LogP contribution < -0.4 is 4.74 Å². The topological polar surface area (TPSA) is 107 Å². The molecule has 2 atom stereocenters. The molecule has 1 aromatic carbocycles. The number of amides is 1. The lowest BCUT2D eigenvalue weighted by Gasteiger charge is -2.32. The van der Waals surface area contributed by atoms with Crippen molar-refractivity contribution in [2.45, 2.75) is 32.5 Å². The molecule has 1 amide bonds. The van der Waals surface area contributed by atoms with Gasteiger partial charge in [-0.1, -0.05) is 6.07 Å². The van der Waals surface area contributed by atoms with Crippen LogP contribution in [-0.4, -0.2) is 86.2 Å². The molecule has 2 N–H and O–H groups in total. The Morgan fingerprint density at radius 1 is 1.03 bits per heavy atom. The minimum Gasteiger partial charge on any atom is -0.488 e. The summed E-state index contributed by atoms with van der Waals surface area (Å²) in [5, 5.41) is 10.7. The van der Waals surface area contributed by atoms with Crippen LogP contribution >= 0.6 is 0 Å². The first kappa shape index (κ1) is 24.9. The molecule has 9 nitrogen and oxygen atoms in total. The molecule has 0 radical (unpaired) electrons. The number of pyridine rings is 1. The molecule has 1 aliphatic heterocycles. The third kappa shape index (κ3) is 5.79. The largest absolute Gasteiger partial charge is 0.488 e. The van der Waals surface area contributed by atoms with Crippen molar-refractivity contribution in [3.05, 3.63) is 71.9 Å². The molecule has 4 heterocycles. The van der Waals surface area contributed by atoms with Gasteiger partial charge in [-0.3, -0.25) is 9.78 Å². The Balaban J connectivity index is 1.31. The Morgan fingerprint density at radius 3 is 2.59 bits per heavy atom. The Hall–Kier alpha value is -3.82. The number of aromatic nitrogens is 4. The monoisotopic (exact) mass is 500 g/mol. The van der Waals surface area contributed by atoms with Gasteiger partial charge in [-0.05, 0) is 56.8 Å². The smallest absolute Gasteiger partial charge is 0.270 e. The molecule has 4 aromatic rings. The number of ether oxygens (including phenoxy) is 1. The van der Waals surface area contributed by atoms with Crippen LogP contribution in [0.4, 0.5) is 0 Å². The molecule has 9 heteroatoms. The molecule has 0 unspecified atom stereocenters. The van der Waals surface area contributed by atoms with Gasteiger partial charge in [0.2, 0.25) is 0 Å². The van der Waals surface area contributed by atoms with Crippen LogP contribution in [0.2, 0.25) is 0 Å². The number of likely N-dealkylation sites (N-methyl/N-ethyl adjacent to an activating group) is 1. The standard InChI is InChI=1S/C28H32N6O3/c1-18(35)19(2)37-22-6-8-29-25(17-22)24-7-9-30-27(32-24)15-20-4-5-23-21(14-20)16-26(31-23)28(36)34-12-10-33(3)11-13-34/h4-9,14,16-19,31,35H,10-13,15H2,1-3H3/t18-,19-/m1/s1. The fourth-order valence-electron chi connectivity index (χ4n) is 4.33. The lowest BCUT2D eigenvalue weighted by atomic mass is 10.1. The average Bonchev–Trinajstić information content (AvgIpc) is 3.32. The summed E-state index contributed by atoms with van der Waals surface area (Å²) in [5.74, 6) is 1.34. The van der Waals surface area contributed by atoms with E-state index >= 15 is 0 Å². The highest BCUT2D eigenvalue weighted by Gasteiger charge is 2.22. The second-order valence-electron chi connectivity index (χ2n) is 9.68. The lowest BCUT2D eigenvalue weighted by molar-refractivity contribution is 0.0604. The molecule has 0 bridgehead atoms. The van der Waals surface area contributed by atoms with Gasteiger partial charge >= 0.3 is 0 Å². The summed E-state index contributed by atoms with van der Waals surface area (Å²) in [4.78, 5) is 34.0. The van der Waals surface area contributed by atoms with E-state index in [0.29, 0.717) is 35.1 Å². The summed E-state index contributed by atoms with van der Waals surface area (Å²) in [5.41, 5.74) is 3.98. The summed E-state index contributed by atoms with van der Waals surface area (Å²) < 4.78 is 5.80. The summed E-state index contributed by atoms with van der Waals surface area (Å²) in [6, 6.07) is 13.4. The van der Waals surface area contributed by atoms with E-state index in [9.17, 15) is 9.90 Å². The van der Waals surface area contributed by atoms with E-state index in [1.807, 2.05) is 42.2 Å². The molecule has 0 aliphatic carbocycles. The lowest BCUT2D eigenvalue weighted by Crippen LogP contribution is -2.47. The van der Waals surface area contributed by atoms with Crippen LogP contribution in [0.1, 0.15) is 35.7 Å². The number of hydrogen-bond donors (Lipinski definition) is 2. The van der Waals surface area contributed by atoms with Crippen molar-refractivity contribution in [1.29, 1.82) is 0 Å². The number of hydrogen-bond acceptors (Lipinski definition) is 7. The van der Waals surface area contributed by atoms with E-state index in [2.05, 4.69) is 33.0 Å². The highest BCUT2D eigenvalue weighted by Crippen LogP contribution is 2.23. The van der Waals surface area contributed by atoms with Crippen molar-refractivity contribution in [2.75, 3.05) is 33.2 Å². The zero-order chi connectivity index (χ0) is 25.9. The predicted molar refractivity (Wildman–Crippen MR) is 142 cm³/mol. The minimum atomic E-state index is -0.583. The number of benzene rings is 1. The van der Waals surface area contributed by atoms with Crippen LogP contribution in [-0.2, 0) is 6.42 Å². The third-order valence-corrected chi connectivity index (χ3v) is 6.77. The highest BCUT2D eigenvalue weighted by atomic mass is 16.5. The molecule has 192 valence electrons. The average molecular weight is 501 g/mol. The summed E-state index contributed by atoms with van der Waals surface area (Å²) in [6.45, 7) is 6.78. The number of carbonyl (C=O) groups excluding carboxylic acids is 1.